The van der Waals surface area contributed by atoms with E-state index in [2.05, 4.69) is 20.8 Å². The molecule has 0 unspecified atom stereocenters. The number of hydrogen-bond acceptors (Lipinski definition) is 7. The second-order valence-electron chi connectivity index (χ2n) is 15.1. The second kappa shape index (κ2) is 39.6. The molecule has 0 heterocycles. The Morgan fingerprint density at radius 1 is 0.392 bits per heavy atom. The highest BCUT2D eigenvalue weighted by molar-refractivity contribution is 5.70. The van der Waals surface area contributed by atoms with Crippen molar-refractivity contribution in [3.63, 3.8) is 0 Å². The van der Waals surface area contributed by atoms with Crippen LogP contribution in [0.1, 0.15) is 239 Å². The summed E-state index contributed by atoms with van der Waals surface area (Å²) in [7, 11) is 0. The van der Waals surface area contributed by atoms with Gasteiger partial charge >= 0.3 is 17.9 Å². The summed E-state index contributed by atoms with van der Waals surface area (Å²) >= 11 is 0. The van der Waals surface area contributed by atoms with E-state index in [1.54, 1.807) is 0 Å². The maximum absolute atomic E-state index is 12.6. The summed E-state index contributed by atoms with van der Waals surface area (Å²) in [4.78, 5) is 37.1. The van der Waals surface area contributed by atoms with Gasteiger partial charge < -0.3 is 19.3 Å². The zero-order valence-corrected chi connectivity index (χ0v) is 34.0. The molecule has 0 aliphatic carbocycles. The van der Waals surface area contributed by atoms with Crippen molar-refractivity contribution in [3.05, 3.63) is 0 Å². The number of carbonyl (C=O) groups is 3. The van der Waals surface area contributed by atoms with Crippen LogP contribution in [0.5, 0.6) is 0 Å². The lowest BCUT2D eigenvalue weighted by Crippen LogP contribution is -2.28. The zero-order valence-electron chi connectivity index (χ0n) is 34.0. The number of carbonyl (C=O) groups excluding carboxylic acids is 3. The fourth-order valence-electron chi connectivity index (χ4n) is 6.62. The molecule has 51 heavy (non-hydrogen) atoms. The Hall–Kier alpha value is -1.63. The van der Waals surface area contributed by atoms with Crippen molar-refractivity contribution in [2.45, 2.75) is 251 Å². The fraction of sp³-hybridized carbons (Fsp3) is 0.932. The Balaban J connectivity index is 3.98. The first kappa shape index (κ1) is 49.4. The van der Waals surface area contributed by atoms with Crippen LogP contribution in [-0.2, 0) is 28.6 Å². The number of rotatable bonds is 40. The van der Waals surface area contributed by atoms with E-state index in [9.17, 15) is 19.5 Å². The van der Waals surface area contributed by atoms with E-state index in [4.69, 9.17) is 14.2 Å². The summed E-state index contributed by atoms with van der Waals surface area (Å²) in [6.07, 6.45) is 36.5. The molecule has 1 N–H and O–H groups in total. The molecule has 1 atom stereocenters. The molecule has 0 bridgehead atoms. The predicted molar refractivity (Wildman–Crippen MR) is 212 cm³/mol. The largest absolute Gasteiger partial charge is 0.462 e. The van der Waals surface area contributed by atoms with Gasteiger partial charge in [0.15, 0.2) is 6.10 Å². The maximum atomic E-state index is 12.6. The van der Waals surface area contributed by atoms with E-state index in [1.165, 1.54) is 128 Å². The highest BCUT2D eigenvalue weighted by atomic mass is 16.6. The highest BCUT2D eigenvalue weighted by Crippen LogP contribution is 2.19. The first-order valence-electron chi connectivity index (χ1n) is 22.1. The summed E-state index contributed by atoms with van der Waals surface area (Å²) < 4.78 is 16.5. The molecule has 0 aliphatic heterocycles. The van der Waals surface area contributed by atoms with Crippen LogP contribution < -0.4 is 0 Å². The molecule has 0 saturated heterocycles. The summed E-state index contributed by atoms with van der Waals surface area (Å²) in [5.74, 6) is -0.790. The van der Waals surface area contributed by atoms with Gasteiger partial charge in [-0.05, 0) is 44.9 Å². The minimum atomic E-state index is -0.830. The van der Waals surface area contributed by atoms with Crippen LogP contribution in [0.25, 0.3) is 0 Å². The molecule has 0 aromatic rings. The Morgan fingerprint density at radius 3 is 1.04 bits per heavy atom. The molecule has 302 valence electrons. The lowest BCUT2D eigenvalue weighted by molar-refractivity contribution is -0.161. The van der Waals surface area contributed by atoms with Gasteiger partial charge in [-0.2, -0.15) is 0 Å². The van der Waals surface area contributed by atoms with Gasteiger partial charge in [-0.25, -0.2) is 0 Å². The smallest absolute Gasteiger partial charge is 0.306 e. The Morgan fingerprint density at radius 2 is 0.686 bits per heavy atom. The van der Waals surface area contributed by atoms with E-state index in [0.717, 1.165) is 64.2 Å². The molecule has 0 rings (SSSR count). The first-order valence-corrected chi connectivity index (χ1v) is 22.1. The number of esters is 3. The number of aliphatic hydroxyl groups excluding tert-OH is 1. The molecule has 0 saturated carbocycles. The van der Waals surface area contributed by atoms with Crippen LogP contribution in [-0.4, -0.2) is 48.4 Å². The SMILES string of the molecule is CCCCCCCCCCCCCCCC(=O)OC[C@H](CO)OC(=O)CCCCCCC(=O)OC(CCCCCCCC)CCCCCCCC. The van der Waals surface area contributed by atoms with Crippen molar-refractivity contribution in [1.29, 1.82) is 0 Å². The van der Waals surface area contributed by atoms with Crippen molar-refractivity contribution >= 4 is 17.9 Å². The summed E-state index contributed by atoms with van der Waals surface area (Å²) in [6.45, 7) is 6.24. The number of hydrogen-bond donors (Lipinski definition) is 1. The molecule has 0 amide bonds. The van der Waals surface area contributed by atoms with Crippen molar-refractivity contribution in [3.8, 4) is 0 Å². The molecule has 7 nitrogen and oxygen atoms in total. The van der Waals surface area contributed by atoms with Crippen molar-refractivity contribution in [1.82, 2.24) is 0 Å². The topological polar surface area (TPSA) is 99.1 Å². The average molecular weight is 725 g/mol. The fourth-order valence-corrected chi connectivity index (χ4v) is 6.62. The minimum absolute atomic E-state index is 0.0441. The number of aliphatic hydroxyl groups is 1. The van der Waals surface area contributed by atoms with E-state index in [-0.39, 0.29) is 37.7 Å². The number of unbranched alkanes of at least 4 members (excludes halogenated alkanes) is 25. The van der Waals surface area contributed by atoms with Gasteiger partial charge in [-0.3, -0.25) is 14.4 Å². The van der Waals surface area contributed by atoms with Crippen LogP contribution in [0.15, 0.2) is 0 Å². The van der Waals surface area contributed by atoms with Gasteiger partial charge in [0, 0.05) is 19.3 Å². The first-order chi connectivity index (χ1) is 25.0. The third-order valence-corrected chi connectivity index (χ3v) is 9.99. The number of ether oxygens (including phenoxy) is 3. The van der Waals surface area contributed by atoms with Gasteiger partial charge in [0.1, 0.15) is 12.7 Å². The molecule has 0 fully saturated rings. The minimum Gasteiger partial charge on any atom is -0.462 e. The Labute approximate surface area is 315 Å². The molecular weight excluding hydrogens is 640 g/mol. The maximum Gasteiger partial charge on any atom is 0.306 e. The standard InChI is InChI=1S/C44H84O7/c1-4-7-10-13-16-17-18-19-20-21-22-25-30-35-42(46)49-39-41(38-45)51-44(48)37-32-27-26-31-36-43(47)50-40(33-28-23-14-11-8-5-2)34-29-24-15-12-9-6-3/h40-41,45H,4-39H2,1-3H3/t41-/m0/s1. The quantitative estimate of drug-likeness (QED) is 0.0381. The Bertz CT molecular complexity index is 755. The van der Waals surface area contributed by atoms with Gasteiger partial charge in [-0.15, -0.1) is 0 Å². The van der Waals surface area contributed by atoms with E-state index in [0.29, 0.717) is 19.3 Å². The van der Waals surface area contributed by atoms with E-state index >= 15 is 0 Å². The molecular formula is C44H84O7. The van der Waals surface area contributed by atoms with Crippen LogP contribution in [0.3, 0.4) is 0 Å². The van der Waals surface area contributed by atoms with Gasteiger partial charge in [-0.1, -0.05) is 175 Å². The lowest BCUT2D eigenvalue weighted by atomic mass is 10.0. The van der Waals surface area contributed by atoms with Crippen LogP contribution in [0.2, 0.25) is 0 Å². The lowest BCUT2D eigenvalue weighted by Gasteiger charge is -2.18. The van der Waals surface area contributed by atoms with Crippen LogP contribution in [0, 0.1) is 0 Å². The highest BCUT2D eigenvalue weighted by Gasteiger charge is 2.17. The molecule has 0 radical (unpaired) electrons. The molecule has 0 aliphatic rings. The third-order valence-electron chi connectivity index (χ3n) is 9.99. The van der Waals surface area contributed by atoms with Crippen LogP contribution in [0.4, 0.5) is 0 Å². The third kappa shape index (κ3) is 36.5. The van der Waals surface area contributed by atoms with Gasteiger partial charge in [0.2, 0.25) is 0 Å². The van der Waals surface area contributed by atoms with E-state index < -0.39 is 12.1 Å². The molecule has 0 aromatic carbocycles. The second-order valence-corrected chi connectivity index (χ2v) is 15.1. The monoisotopic (exact) mass is 725 g/mol. The van der Waals surface area contributed by atoms with Crippen LogP contribution >= 0.6 is 0 Å². The zero-order chi connectivity index (χ0) is 37.5. The van der Waals surface area contributed by atoms with E-state index in [1.807, 2.05) is 0 Å². The van der Waals surface area contributed by atoms with Crippen molar-refractivity contribution in [2.75, 3.05) is 13.2 Å². The van der Waals surface area contributed by atoms with Crippen molar-refractivity contribution in [2.24, 2.45) is 0 Å². The normalized spacial score (nSPS) is 11.9. The molecule has 0 spiro atoms. The van der Waals surface area contributed by atoms with Crippen molar-refractivity contribution < 1.29 is 33.7 Å². The average Bonchev–Trinajstić information content (AvgIpc) is 3.12. The summed E-state index contributed by atoms with van der Waals surface area (Å²) in [6, 6.07) is 0. The van der Waals surface area contributed by atoms with Gasteiger partial charge in [0.05, 0.1) is 6.61 Å². The van der Waals surface area contributed by atoms with Gasteiger partial charge in [0.25, 0.3) is 0 Å². The summed E-state index contributed by atoms with van der Waals surface area (Å²) in [5.41, 5.74) is 0. The molecule has 0 aromatic heterocycles. The predicted octanol–water partition coefficient (Wildman–Crippen LogP) is 12.7. The molecule has 7 heteroatoms. The summed E-state index contributed by atoms with van der Waals surface area (Å²) in [5, 5.41) is 9.61. The Kier molecular flexibility index (Phi) is 38.3.